The number of hydrogen-bond acceptors (Lipinski definition) is 6. The van der Waals surface area contributed by atoms with E-state index in [0.717, 1.165) is 34.0 Å². The highest BCUT2D eigenvalue weighted by molar-refractivity contribution is 5.92. The van der Waals surface area contributed by atoms with Crippen molar-refractivity contribution in [2.75, 3.05) is 31.8 Å². The summed E-state index contributed by atoms with van der Waals surface area (Å²) < 4.78 is 18.1. The number of aliphatic hydroxyl groups is 1. The predicted molar refractivity (Wildman–Crippen MR) is 164 cm³/mol. The van der Waals surface area contributed by atoms with Crippen molar-refractivity contribution >= 4 is 23.4 Å². The predicted octanol–water partition coefficient (Wildman–Crippen LogP) is 5.12. The van der Waals surface area contributed by atoms with E-state index in [9.17, 15) is 14.7 Å². The van der Waals surface area contributed by atoms with E-state index < -0.39 is 6.09 Å². The molecule has 3 aromatic carbocycles. The van der Waals surface area contributed by atoms with Crippen LogP contribution < -0.4 is 15.4 Å². The van der Waals surface area contributed by atoms with Gasteiger partial charge in [-0.25, -0.2) is 4.79 Å². The Balaban J connectivity index is 1.08. The molecule has 6 rings (SSSR count). The molecule has 3 saturated heterocycles. The molecule has 0 radical (unpaired) electrons. The molecule has 3 aromatic rings. The Bertz CT molecular complexity index is 1470. The molecule has 0 spiro atoms. The van der Waals surface area contributed by atoms with Crippen molar-refractivity contribution < 1.29 is 33.4 Å². The van der Waals surface area contributed by atoms with E-state index in [-0.39, 0.29) is 18.6 Å². The smallest absolute Gasteiger partial charge is 0.411 e. The number of benzene rings is 3. The second-order valence-electron chi connectivity index (χ2n) is 12.3. The molecule has 3 N–H and O–H groups in total. The number of morpholine rings is 1. The minimum atomic E-state index is -0.442. The summed E-state index contributed by atoms with van der Waals surface area (Å²) >= 11 is 0. The molecule has 0 aromatic heterocycles. The van der Waals surface area contributed by atoms with Crippen LogP contribution in [0.25, 0.3) is 11.1 Å². The lowest BCUT2D eigenvalue weighted by Crippen LogP contribution is -2.60. The second kappa shape index (κ2) is 12.0. The Labute approximate surface area is 252 Å². The first kappa shape index (κ1) is 29.2. The molecule has 3 heterocycles. The second-order valence-corrected chi connectivity index (χ2v) is 12.3. The van der Waals surface area contributed by atoms with Crippen LogP contribution in [0.2, 0.25) is 0 Å². The number of nitrogens with zero attached hydrogens (tertiary/aromatic N) is 1. The number of rotatable bonds is 10. The molecular formula is C34H40N3O6+. The molecule has 2 amide bonds. The van der Waals surface area contributed by atoms with Gasteiger partial charge in [-0.3, -0.25) is 10.1 Å². The number of piperidine rings is 1. The van der Waals surface area contributed by atoms with Crippen LogP contribution in [-0.2, 0) is 27.3 Å². The maximum atomic E-state index is 13.2. The fourth-order valence-electron chi connectivity index (χ4n) is 6.94. The molecule has 1 unspecified atom stereocenters. The van der Waals surface area contributed by atoms with Crippen LogP contribution in [0.1, 0.15) is 36.8 Å². The number of aliphatic hydroxyl groups excluding tert-OH is 1. The number of epoxide rings is 1. The zero-order chi connectivity index (χ0) is 30.1. The van der Waals surface area contributed by atoms with E-state index in [1.165, 1.54) is 7.11 Å². The molecule has 3 aliphatic rings. The Morgan fingerprint density at radius 3 is 2.42 bits per heavy atom. The number of likely N-dealkylation sites (N-methyl/N-ethyl adjacent to an activating group) is 1. The van der Waals surface area contributed by atoms with E-state index in [1.54, 1.807) is 18.2 Å². The summed E-state index contributed by atoms with van der Waals surface area (Å²) in [6, 6.07) is 21.9. The number of quaternary nitrogens is 1. The number of ether oxygens (including phenoxy) is 3. The van der Waals surface area contributed by atoms with Crippen LogP contribution in [0, 0.1) is 0 Å². The lowest BCUT2D eigenvalue weighted by molar-refractivity contribution is -0.938. The number of nitrogens with one attached hydrogen (secondary N) is 2. The zero-order valence-electron chi connectivity index (χ0n) is 24.9. The van der Waals surface area contributed by atoms with Gasteiger partial charge in [-0.2, -0.15) is 0 Å². The van der Waals surface area contributed by atoms with Crippen molar-refractivity contribution in [1.29, 1.82) is 0 Å². The standard InChI is InChI=1S/C34H39N3O6/c1-37(2)28-18-25(19-29(37)33-32(28)43-33)42-34(40)36-27-16-21(12-15-26(27)22-9-5-4-6-10-22)8-7-11-31(39)35-24-14-13-23(20-38)30(17-24)41-3/h4-6,9-10,12-17,25,28-29,32-33,38H,7-8,11,18-20H2,1-3H3,(H-,35,36,39,40)/p+1/t25?,28-,29+,32-,33+. The maximum absolute atomic E-state index is 13.2. The fourth-order valence-corrected chi connectivity index (χ4v) is 6.94. The van der Waals surface area contributed by atoms with E-state index in [2.05, 4.69) is 24.7 Å². The summed E-state index contributed by atoms with van der Waals surface area (Å²) in [5.74, 6) is 0.426. The topological polar surface area (TPSA) is 109 Å². The summed E-state index contributed by atoms with van der Waals surface area (Å²) in [5, 5.41) is 15.4. The molecule has 0 aliphatic carbocycles. The molecule has 43 heavy (non-hydrogen) atoms. The maximum Gasteiger partial charge on any atom is 0.411 e. The van der Waals surface area contributed by atoms with Crippen molar-refractivity contribution in [3.63, 3.8) is 0 Å². The first-order valence-electron chi connectivity index (χ1n) is 15.0. The molecule has 9 heteroatoms. The van der Waals surface area contributed by atoms with Crippen molar-refractivity contribution in [2.45, 2.75) is 69.1 Å². The summed E-state index contributed by atoms with van der Waals surface area (Å²) in [6.07, 6.45) is 3.29. The van der Waals surface area contributed by atoms with Gasteiger partial charge in [0.05, 0.1) is 33.5 Å². The number of anilines is 2. The average molecular weight is 587 g/mol. The highest BCUT2D eigenvalue weighted by Crippen LogP contribution is 2.51. The molecule has 5 atom stereocenters. The number of aryl methyl sites for hydroxylation is 1. The number of amides is 2. The Hall–Kier alpha value is -3.92. The molecule has 2 bridgehead atoms. The molecule has 0 saturated carbocycles. The van der Waals surface area contributed by atoms with Crippen LogP contribution >= 0.6 is 0 Å². The lowest BCUT2D eigenvalue weighted by Gasteiger charge is -2.45. The summed E-state index contributed by atoms with van der Waals surface area (Å²) in [7, 11) is 6.05. The molecule has 3 fully saturated rings. The fraction of sp³-hybridized carbons (Fsp3) is 0.412. The van der Waals surface area contributed by atoms with Gasteiger partial charge < -0.3 is 29.1 Å². The molecular weight excluding hydrogens is 546 g/mol. The SMILES string of the molecule is COc1cc(NC(=O)CCCc2ccc(-c3ccccc3)c(NC(=O)OC3C[C@@H]4[C@H]5O[C@H]5[C@H](C3)[N+]4(C)C)c2)ccc1CO. The third-order valence-electron chi connectivity index (χ3n) is 9.33. The number of methoxy groups -OCH3 is 1. The summed E-state index contributed by atoms with van der Waals surface area (Å²) in [4.78, 5) is 25.8. The van der Waals surface area contributed by atoms with Crippen LogP contribution in [0.15, 0.2) is 66.7 Å². The highest BCUT2D eigenvalue weighted by atomic mass is 16.6. The van der Waals surface area contributed by atoms with Gasteiger partial charge in [0.1, 0.15) is 36.1 Å². The van der Waals surface area contributed by atoms with Crippen LogP contribution in [0.3, 0.4) is 0 Å². The van der Waals surface area contributed by atoms with Gasteiger partial charge in [0.25, 0.3) is 0 Å². The average Bonchev–Trinajstić information content (AvgIpc) is 3.76. The van der Waals surface area contributed by atoms with Crippen molar-refractivity contribution in [1.82, 2.24) is 0 Å². The van der Waals surface area contributed by atoms with Crippen LogP contribution in [-0.4, -0.2) is 73.2 Å². The van der Waals surface area contributed by atoms with Gasteiger partial charge in [0, 0.05) is 42.1 Å². The largest absolute Gasteiger partial charge is 0.496 e. The third-order valence-corrected chi connectivity index (χ3v) is 9.33. The molecule has 3 aliphatic heterocycles. The van der Waals surface area contributed by atoms with E-state index >= 15 is 0 Å². The Morgan fingerprint density at radius 1 is 0.977 bits per heavy atom. The van der Waals surface area contributed by atoms with E-state index in [0.29, 0.717) is 66.2 Å². The van der Waals surface area contributed by atoms with Crippen LogP contribution in [0.5, 0.6) is 5.75 Å². The number of hydrogen-bond donors (Lipinski definition) is 3. The van der Waals surface area contributed by atoms with Gasteiger partial charge in [0.2, 0.25) is 5.91 Å². The van der Waals surface area contributed by atoms with Crippen molar-refractivity contribution in [3.8, 4) is 16.9 Å². The monoisotopic (exact) mass is 586 g/mol. The van der Waals surface area contributed by atoms with Gasteiger partial charge >= 0.3 is 6.09 Å². The van der Waals surface area contributed by atoms with Gasteiger partial charge in [0.15, 0.2) is 0 Å². The minimum Gasteiger partial charge on any atom is -0.496 e. The Morgan fingerprint density at radius 2 is 1.72 bits per heavy atom. The summed E-state index contributed by atoms with van der Waals surface area (Å²) in [6.45, 7) is -0.134. The summed E-state index contributed by atoms with van der Waals surface area (Å²) in [5.41, 5.74) is 4.90. The van der Waals surface area contributed by atoms with Crippen molar-refractivity contribution in [2.24, 2.45) is 0 Å². The zero-order valence-corrected chi connectivity index (χ0v) is 24.9. The van der Waals surface area contributed by atoms with Crippen LogP contribution in [0.4, 0.5) is 16.2 Å². The van der Waals surface area contributed by atoms with E-state index in [4.69, 9.17) is 14.2 Å². The normalized spacial score (nSPS) is 24.5. The lowest BCUT2D eigenvalue weighted by atomic mass is 9.96. The van der Waals surface area contributed by atoms with E-state index in [1.807, 2.05) is 48.5 Å². The highest BCUT2D eigenvalue weighted by Gasteiger charge is 2.70. The number of carbonyl (C=O) groups is 2. The van der Waals surface area contributed by atoms with Gasteiger partial charge in [-0.15, -0.1) is 0 Å². The number of fused-ring (bicyclic) bond motifs is 5. The first-order valence-corrected chi connectivity index (χ1v) is 15.0. The Kier molecular flexibility index (Phi) is 8.13. The van der Waals surface area contributed by atoms with Gasteiger partial charge in [-0.05, 0) is 36.1 Å². The molecule has 226 valence electrons. The van der Waals surface area contributed by atoms with Crippen molar-refractivity contribution in [3.05, 3.63) is 77.9 Å². The number of carbonyl (C=O) groups excluding carboxylic acids is 2. The quantitative estimate of drug-likeness (QED) is 0.225. The first-order chi connectivity index (χ1) is 20.8. The third kappa shape index (κ3) is 6.11. The minimum absolute atomic E-state index is 0.104. The molecule has 9 nitrogen and oxygen atoms in total. The van der Waals surface area contributed by atoms with Gasteiger partial charge in [-0.1, -0.05) is 48.5 Å².